The second kappa shape index (κ2) is 8.95. The number of rotatable bonds is 7. The van der Waals surface area contributed by atoms with E-state index >= 15 is 0 Å². The molecule has 3 rings (SSSR count). The van der Waals surface area contributed by atoms with Gasteiger partial charge in [-0.15, -0.1) is 11.8 Å². The molecule has 1 saturated carbocycles. The van der Waals surface area contributed by atoms with E-state index in [2.05, 4.69) is 23.6 Å². The number of amides is 1. The van der Waals surface area contributed by atoms with E-state index in [1.165, 1.54) is 25.7 Å². The first-order valence-electron chi connectivity index (χ1n) is 9.47. The van der Waals surface area contributed by atoms with Gasteiger partial charge in [-0.05, 0) is 43.2 Å². The van der Waals surface area contributed by atoms with Crippen LogP contribution in [0, 0.1) is 11.8 Å². The van der Waals surface area contributed by atoms with Gasteiger partial charge in [0.05, 0.1) is 13.2 Å². The van der Waals surface area contributed by atoms with Gasteiger partial charge in [-0.3, -0.25) is 4.79 Å². The van der Waals surface area contributed by atoms with Crippen molar-refractivity contribution in [2.75, 3.05) is 19.4 Å². The number of methoxy groups -OCH3 is 1. The van der Waals surface area contributed by atoms with Crippen LogP contribution in [0.25, 0.3) is 0 Å². The average molecular weight is 363 g/mol. The Hall–Kier alpha value is -1.20. The Morgan fingerprint density at radius 1 is 1.36 bits per heavy atom. The third-order valence-corrected chi connectivity index (χ3v) is 6.78. The smallest absolute Gasteiger partial charge is 0.237 e. The van der Waals surface area contributed by atoms with Gasteiger partial charge >= 0.3 is 0 Å². The third kappa shape index (κ3) is 4.91. The fourth-order valence-electron chi connectivity index (χ4n) is 3.95. The molecule has 4 unspecified atom stereocenters. The maximum absolute atomic E-state index is 12.5. The number of hydrogen-bond acceptors (Lipinski definition) is 4. The third-order valence-electron chi connectivity index (χ3n) is 5.40. The lowest BCUT2D eigenvalue weighted by atomic mass is 9.85. The van der Waals surface area contributed by atoms with E-state index in [1.807, 2.05) is 18.2 Å². The molecule has 1 aliphatic heterocycles. The molecule has 4 nitrogen and oxygen atoms in total. The molecule has 4 atom stereocenters. The molecule has 1 heterocycles. The highest BCUT2D eigenvalue weighted by Crippen LogP contribution is 2.33. The molecule has 2 aliphatic rings. The number of carbonyl (C=O) groups excluding carboxylic acids is 1. The molecule has 0 aromatic heterocycles. The van der Waals surface area contributed by atoms with Crippen LogP contribution < -0.4 is 15.4 Å². The van der Waals surface area contributed by atoms with Crippen LogP contribution in [0.3, 0.4) is 0 Å². The number of benzene rings is 1. The van der Waals surface area contributed by atoms with Crippen LogP contribution in [0.2, 0.25) is 0 Å². The van der Waals surface area contributed by atoms with Gasteiger partial charge in [0, 0.05) is 23.2 Å². The summed E-state index contributed by atoms with van der Waals surface area (Å²) in [5.74, 6) is 3.19. The lowest BCUT2D eigenvalue weighted by Crippen LogP contribution is -2.44. The lowest BCUT2D eigenvalue weighted by molar-refractivity contribution is -0.123. The van der Waals surface area contributed by atoms with Gasteiger partial charge in [0.1, 0.15) is 5.75 Å². The van der Waals surface area contributed by atoms with Crippen molar-refractivity contribution in [3.63, 3.8) is 0 Å². The topological polar surface area (TPSA) is 50.4 Å². The van der Waals surface area contributed by atoms with Crippen molar-refractivity contribution in [2.24, 2.45) is 11.8 Å². The van der Waals surface area contributed by atoms with Crippen molar-refractivity contribution >= 4 is 17.7 Å². The van der Waals surface area contributed by atoms with Crippen LogP contribution in [-0.2, 0) is 4.79 Å². The Balaban J connectivity index is 1.40. The largest absolute Gasteiger partial charge is 0.496 e. The van der Waals surface area contributed by atoms with E-state index in [4.69, 9.17) is 4.74 Å². The van der Waals surface area contributed by atoms with E-state index < -0.39 is 0 Å². The zero-order chi connectivity index (χ0) is 17.6. The maximum atomic E-state index is 12.5. The monoisotopic (exact) mass is 362 g/mol. The quantitative estimate of drug-likeness (QED) is 0.730. The van der Waals surface area contributed by atoms with E-state index in [0.29, 0.717) is 17.9 Å². The minimum absolute atomic E-state index is 0.0159. The van der Waals surface area contributed by atoms with Gasteiger partial charge in [-0.1, -0.05) is 31.9 Å². The highest BCUT2D eigenvalue weighted by atomic mass is 32.2. The molecule has 0 spiro atoms. The average Bonchev–Trinajstić information content (AvgIpc) is 3.09. The first-order valence-corrected chi connectivity index (χ1v) is 10.5. The fourth-order valence-corrected chi connectivity index (χ4v) is 5.00. The predicted molar refractivity (Wildman–Crippen MR) is 103 cm³/mol. The number of carbonyl (C=O) groups is 1. The van der Waals surface area contributed by atoms with Crippen molar-refractivity contribution in [1.82, 2.24) is 10.6 Å². The molecule has 0 radical (unpaired) electrons. The second-order valence-electron chi connectivity index (χ2n) is 7.42. The summed E-state index contributed by atoms with van der Waals surface area (Å²) in [5, 5.41) is 6.71. The summed E-state index contributed by atoms with van der Waals surface area (Å²) in [4.78, 5) is 13.6. The zero-order valence-electron chi connectivity index (χ0n) is 15.3. The molecule has 25 heavy (non-hydrogen) atoms. The standard InChI is InChI=1S/C20H30N2O2S/c1-14(13-25-19-10-6-5-9-18(19)24-2)12-21-20(23)17-11-15-7-3-4-8-16(15)22-17/h5-6,9-10,14-17,22H,3-4,7-8,11-13H2,1-2H3,(H,21,23). The first-order chi connectivity index (χ1) is 12.2. The van der Waals surface area contributed by atoms with Crippen LogP contribution >= 0.6 is 11.8 Å². The number of ether oxygens (including phenoxy) is 1. The summed E-state index contributed by atoms with van der Waals surface area (Å²) in [7, 11) is 1.70. The molecule has 1 aliphatic carbocycles. The molecule has 1 amide bonds. The minimum atomic E-state index is 0.0159. The maximum Gasteiger partial charge on any atom is 0.237 e. The number of thioether (sulfide) groups is 1. The Morgan fingerprint density at radius 2 is 2.16 bits per heavy atom. The molecule has 1 aromatic carbocycles. The molecule has 1 saturated heterocycles. The Kier molecular flexibility index (Phi) is 6.65. The molecule has 2 fully saturated rings. The van der Waals surface area contributed by atoms with Crippen LogP contribution in [0.15, 0.2) is 29.2 Å². The molecule has 0 bridgehead atoms. The first kappa shape index (κ1) is 18.6. The summed E-state index contributed by atoms with van der Waals surface area (Å²) in [6.07, 6.45) is 6.17. The van der Waals surface area contributed by atoms with Gasteiger partial charge in [0.25, 0.3) is 0 Å². The Morgan fingerprint density at radius 3 is 2.96 bits per heavy atom. The molecule has 2 N–H and O–H groups in total. The Labute approximate surface area is 155 Å². The highest BCUT2D eigenvalue weighted by Gasteiger charge is 2.38. The SMILES string of the molecule is COc1ccccc1SCC(C)CNC(=O)C1CC2CCCCC2N1. The fraction of sp³-hybridized carbons (Fsp3) is 0.650. The molecular weight excluding hydrogens is 332 g/mol. The summed E-state index contributed by atoms with van der Waals surface area (Å²) >= 11 is 1.79. The molecule has 1 aromatic rings. The van der Waals surface area contributed by atoms with Crippen LogP contribution in [0.5, 0.6) is 5.75 Å². The number of hydrogen-bond donors (Lipinski definition) is 2. The van der Waals surface area contributed by atoms with E-state index in [0.717, 1.165) is 29.4 Å². The second-order valence-corrected chi connectivity index (χ2v) is 8.48. The van der Waals surface area contributed by atoms with Crippen molar-refractivity contribution < 1.29 is 9.53 Å². The van der Waals surface area contributed by atoms with E-state index in [-0.39, 0.29) is 11.9 Å². The minimum Gasteiger partial charge on any atom is -0.496 e. The van der Waals surface area contributed by atoms with Gasteiger partial charge < -0.3 is 15.4 Å². The van der Waals surface area contributed by atoms with Gasteiger partial charge in [0.2, 0.25) is 5.91 Å². The van der Waals surface area contributed by atoms with Crippen molar-refractivity contribution in [2.45, 2.75) is 56.0 Å². The Bertz CT molecular complexity index is 567. The summed E-state index contributed by atoms with van der Waals surface area (Å²) in [6, 6.07) is 8.67. The van der Waals surface area contributed by atoms with Crippen LogP contribution in [0.4, 0.5) is 0 Å². The van der Waals surface area contributed by atoms with Crippen LogP contribution in [-0.4, -0.2) is 37.4 Å². The highest BCUT2D eigenvalue weighted by molar-refractivity contribution is 7.99. The number of fused-ring (bicyclic) bond motifs is 1. The number of nitrogens with one attached hydrogen (secondary N) is 2. The summed E-state index contributed by atoms with van der Waals surface area (Å²) in [5.41, 5.74) is 0. The van der Waals surface area contributed by atoms with E-state index in [9.17, 15) is 4.79 Å². The van der Waals surface area contributed by atoms with Crippen LogP contribution in [0.1, 0.15) is 39.0 Å². The van der Waals surface area contributed by atoms with E-state index in [1.54, 1.807) is 18.9 Å². The molecular formula is C20H30N2O2S. The van der Waals surface area contributed by atoms with Crippen molar-refractivity contribution in [3.8, 4) is 5.75 Å². The van der Waals surface area contributed by atoms with Gasteiger partial charge in [0.15, 0.2) is 0 Å². The zero-order valence-corrected chi connectivity index (χ0v) is 16.1. The van der Waals surface area contributed by atoms with Crippen molar-refractivity contribution in [3.05, 3.63) is 24.3 Å². The lowest BCUT2D eigenvalue weighted by Gasteiger charge is -2.24. The normalized spacial score (nSPS) is 26.7. The molecule has 138 valence electrons. The molecule has 5 heteroatoms. The number of para-hydroxylation sites is 1. The van der Waals surface area contributed by atoms with Crippen molar-refractivity contribution in [1.29, 1.82) is 0 Å². The summed E-state index contributed by atoms with van der Waals surface area (Å²) < 4.78 is 5.39. The van der Waals surface area contributed by atoms with Gasteiger partial charge in [-0.25, -0.2) is 0 Å². The van der Waals surface area contributed by atoms with Gasteiger partial charge in [-0.2, -0.15) is 0 Å². The summed E-state index contributed by atoms with van der Waals surface area (Å²) in [6.45, 7) is 2.92. The predicted octanol–water partition coefficient (Wildman–Crippen LogP) is 3.46.